The molecule has 0 amide bonds. The van der Waals surface area contributed by atoms with Gasteiger partial charge in [0.1, 0.15) is 18.1 Å². The number of nitrogen functional groups attached to an aromatic ring is 1. The molecule has 0 aliphatic carbocycles. The molecule has 1 aromatic rings. The first-order valence-electron chi connectivity index (χ1n) is 5.67. The minimum absolute atomic E-state index is 0.204. The molecule has 5 N–H and O–H groups in total. The van der Waals surface area contributed by atoms with Crippen molar-refractivity contribution in [1.82, 2.24) is 9.55 Å². The molecule has 0 aliphatic rings. The van der Waals surface area contributed by atoms with Gasteiger partial charge in [-0.3, -0.25) is 14.3 Å². The van der Waals surface area contributed by atoms with Crippen LogP contribution in [0.4, 0.5) is 20.3 Å². The van der Waals surface area contributed by atoms with Gasteiger partial charge in [-0.2, -0.15) is 0 Å². The van der Waals surface area contributed by atoms with E-state index in [1.54, 1.807) is 6.92 Å². The summed E-state index contributed by atoms with van der Waals surface area (Å²) >= 11 is 0. The highest BCUT2D eigenvalue weighted by Gasteiger charge is 2.28. The van der Waals surface area contributed by atoms with Gasteiger partial charge >= 0.3 is 5.69 Å². The van der Waals surface area contributed by atoms with Crippen LogP contribution in [0.5, 0.6) is 0 Å². The smallest absolute Gasteiger partial charge is 0.330 e. The summed E-state index contributed by atoms with van der Waals surface area (Å²) in [4.78, 5) is 25.0. The Hall–Kier alpha value is -1.90. The molecule has 1 rings (SSSR count). The van der Waals surface area contributed by atoms with Gasteiger partial charge < -0.3 is 16.2 Å². The van der Waals surface area contributed by atoms with Crippen LogP contribution in [0.15, 0.2) is 9.59 Å². The van der Waals surface area contributed by atoms with Gasteiger partial charge in [0.05, 0.1) is 6.54 Å². The number of hydrogen-bond acceptors (Lipinski definition) is 5. The van der Waals surface area contributed by atoms with E-state index in [1.165, 1.54) is 0 Å². The lowest BCUT2D eigenvalue weighted by Gasteiger charge is -2.17. The molecule has 0 radical (unpaired) electrons. The van der Waals surface area contributed by atoms with E-state index in [9.17, 15) is 18.4 Å². The number of rotatable bonds is 6. The molecule has 0 atom stereocenters. The van der Waals surface area contributed by atoms with E-state index in [2.05, 4.69) is 5.32 Å². The molecule has 108 valence electrons. The Morgan fingerprint density at radius 3 is 2.63 bits per heavy atom. The summed E-state index contributed by atoms with van der Waals surface area (Å²) in [7, 11) is 0. The monoisotopic (exact) mass is 278 g/mol. The first kappa shape index (κ1) is 15.2. The standard InChI is InChI=1S/C10H16F2N4O3/c1-2-3-16-7(13)6(8(18)15-9(16)19)14-4-10(11,12)5-17/h14,17H,2-5,13H2,1H3,(H,15,18,19). The molecule has 0 saturated heterocycles. The van der Waals surface area contributed by atoms with Gasteiger partial charge in [0, 0.05) is 6.54 Å². The Morgan fingerprint density at radius 2 is 2.11 bits per heavy atom. The number of nitrogens with zero attached hydrogens (tertiary/aromatic N) is 1. The quantitative estimate of drug-likeness (QED) is 0.564. The zero-order valence-corrected chi connectivity index (χ0v) is 10.4. The van der Waals surface area contributed by atoms with Gasteiger partial charge in [-0.15, -0.1) is 0 Å². The van der Waals surface area contributed by atoms with Crippen LogP contribution in [0.25, 0.3) is 0 Å². The van der Waals surface area contributed by atoms with Crippen LogP contribution in [0, 0.1) is 0 Å². The molecule has 0 aliphatic heterocycles. The first-order chi connectivity index (χ1) is 8.82. The number of nitrogens with two attached hydrogens (primary N) is 1. The summed E-state index contributed by atoms with van der Waals surface area (Å²) in [5.41, 5.74) is 3.75. The van der Waals surface area contributed by atoms with Crippen LogP contribution in [-0.4, -0.2) is 33.7 Å². The molecule has 0 unspecified atom stereocenters. The topological polar surface area (TPSA) is 113 Å². The third-order valence-corrected chi connectivity index (χ3v) is 2.44. The number of halogens is 2. The number of aliphatic hydroxyl groups is 1. The van der Waals surface area contributed by atoms with E-state index in [4.69, 9.17) is 10.8 Å². The lowest BCUT2D eigenvalue weighted by molar-refractivity contribution is -0.0372. The number of hydrogen-bond donors (Lipinski definition) is 4. The molecule has 7 nitrogen and oxygen atoms in total. The van der Waals surface area contributed by atoms with Crippen LogP contribution in [0.1, 0.15) is 13.3 Å². The normalized spacial score (nSPS) is 11.6. The van der Waals surface area contributed by atoms with Gasteiger partial charge in [0.25, 0.3) is 11.5 Å². The Kier molecular flexibility index (Phi) is 4.65. The maximum absolute atomic E-state index is 12.9. The van der Waals surface area contributed by atoms with Crippen LogP contribution >= 0.6 is 0 Å². The lowest BCUT2D eigenvalue weighted by Crippen LogP contribution is -2.37. The number of aliphatic hydroxyl groups excluding tert-OH is 1. The number of H-pyrrole nitrogens is 1. The summed E-state index contributed by atoms with van der Waals surface area (Å²) < 4.78 is 26.9. The maximum Gasteiger partial charge on any atom is 0.330 e. The van der Waals surface area contributed by atoms with Crippen molar-refractivity contribution in [1.29, 1.82) is 0 Å². The summed E-state index contributed by atoms with van der Waals surface area (Å²) in [5, 5.41) is 10.6. The molecule has 0 spiro atoms. The molecule has 0 saturated carbocycles. The van der Waals surface area contributed by atoms with Crippen LogP contribution in [0.2, 0.25) is 0 Å². The largest absolute Gasteiger partial charge is 0.390 e. The third kappa shape index (κ3) is 3.53. The van der Waals surface area contributed by atoms with Crippen molar-refractivity contribution in [3.05, 3.63) is 20.8 Å². The Labute approximate surface area is 107 Å². The van der Waals surface area contributed by atoms with E-state index >= 15 is 0 Å². The second kappa shape index (κ2) is 5.83. The number of nitrogens with one attached hydrogen (secondary N) is 2. The molecule has 1 heterocycles. The van der Waals surface area contributed by atoms with E-state index in [0.717, 1.165) is 4.57 Å². The summed E-state index contributed by atoms with van der Waals surface area (Å²) in [5.74, 6) is -3.59. The highest BCUT2D eigenvalue weighted by atomic mass is 19.3. The maximum atomic E-state index is 12.9. The predicted octanol–water partition coefficient (Wildman–Crippen LogP) is -0.432. The zero-order valence-electron chi connectivity index (χ0n) is 10.4. The number of alkyl halides is 2. The minimum atomic E-state index is -3.38. The SMILES string of the molecule is CCCn1c(N)c(NCC(F)(F)CO)c(=O)[nH]c1=O. The molecule has 0 fully saturated rings. The van der Waals surface area contributed by atoms with Crippen molar-refractivity contribution < 1.29 is 13.9 Å². The van der Waals surface area contributed by atoms with E-state index in [-0.39, 0.29) is 18.1 Å². The van der Waals surface area contributed by atoms with Crippen molar-refractivity contribution in [2.24, 2.45) is 0 Å². The van der Waals surface area contributed by atoms with E-state index in [1.807, 2.05) is 4.98 Å². The van der Waals surface area contributed by atoms with Gasteiger partial charge in [0.15, 0.2) is 0 Å². The summed E-state index contributed by atoms with van der Waals surface area (Å²) in [6.07, 6.45) is 0.586. The minimum Gasteiger partial charge on any atom is -0.390 e. The molecular formula is C10H16F2N4O3. The fraction of sp³-hybridized carbons (Fsp3) is 0.600. The molecule has 1 aromatic heterocycles. The van der Waals surface area contributed by atoms with Crippen molar-refractivity contribution in [2.45, 2.75) is 25.8 Å². The number of aromatic amines is 1. The fourth-order valence-electron chi connectivity index (χ4n) is 1.48. The van der Waals surface area contributed by atoms with E-state index in [0.29, 0.717) is 6.42 Å². The van der Waals surface area contributed by atoms with Crippen molar-refractivity contribution in [2.75, 3.05) is 24.2 Å². The average molecular weight is 278 g/mol. The van der Waals surface area contributed by atoms with Crippen molar-refractivity contribution in [3.63, 3.8) is 0 Å². The number of aromatic nitrogens is 2. The summed E-state index contributed by atoms with van der Waals surface area (Å²) in [6.45, 7) is -0.260. The average Bonchev–Trinajstić information content (AvgIpc) is 2.34. The van der Waals surface area contributed by atoms with Crippen molar-refractivity contribution in [3.8, 4) is 0 Å². The zero-order chi connectivity index (χ0) is 14.6. The van der Waals surface area contributed by atoms with Crippen molar-refractivity contribution >= 4 is 11.5 Å². The van der Waals surface area contributed by atoms with Crippen LogP contribution < -0.4 is 22.3 Å². The Balaban J connectivity index is 3.11. The van der Waals surface area contributed by atoms with Gasteiger partial charge in [-0.1, -0.05) is 6.92 Å². The molecule has 0 aromatic carbocycles. The Bertz CT molecular complexity index is 553. The second-order valence-corrected chi connectivity index (χ2v) is 4.04. The molecule has 9 heteroatoms. The first-order valence-corrected chi connectivity index (χ1v) is 5.67. The third-order valence-electron chi connectivity index (χ3n) is 2.44. The van der Waals surface area contributed by atoms with Crippen LogP contribution in [-0.2, 0) is 6.54 Å². The van der Waals surface area contributed by atoms with Crippen LogP contribution in [0.3, 0.4) is 0 Å². The molecule has 19 heavy (non-hydrogen) atoms. The number of anilines is 2. The van der Waals surface area contributed by atoms with Gasteiger partial charge in [0.2, 0.25) is 0 Å². The highest BCUT2D eigenvalue weighted by molar-refractivity contribution is 5.60. The predicted molar refractivity (Wildman–Crippen MR) is 66.5 cm³/mol. The summed E-state index contributed by atoms with van der Waals surface area (Å²) in [6, 6.07) is 0. The lowest BCUT2D eigenvalue weighted by atomic mass is 10.3. The second-order valence-electron chi connectivity index (χ2n) is 4.04. The molecular weight excluding hydrogens is 262 g/mol. The highest BCUT2D eigenvalue weighted by Crippen LogP contribution is 2.15. The Morgan fingerprint density at radius 1 is 1.47 bits per heavy atom. The molecule has 0 bridgehead atoms. The van der Waals surface area contributed by atoms with E-state index < -0.39 is 30.3 Å². The fourth-order valence-corrected chi connectivity index (χ4v) is 1.48. The van der Waals surface area contributed by atoms with Gasteiger partial charge in [-0.05, 0) is 6.42 Å². The van der Waals surface area contributed by atoms with Gasteiger partial charge in [-0.25, -0.2) is 13.6 Å².